The van der Waals surface area contributed by atoms with Gasteiger partial charge in [0.15, 0.2) is 0 Å². The Labute approximate surface area is 282 Å². The van der Waals surface area contributed by atoms with E-state index in [-0.39, 0.29) is 36.1 Å². The Morgan fingerprint density at radius 2 is 1.60 bits per heavy atom. The summed E-state index contributed by atoms with van der Waals surface area (Å²) in [4.78, 5) is 27.2. The van der Waals surface area contributed by atoms with Crippen LogP contribution in [0.15, 0.2) is 72.8 Å². The summed E-state index contributed by atoms with van der Waals surface area (Å²) in [5.41, 5.74) is 2.12. The third kappa shape index (κ3) is 11.2. The number of aliphatic hydroxyl groups is 1. The predicted molar refractivity (Wildman–Crippen MR) is 191 cm³/mol. The van der Waals surface area contributed by atoms with Gasteiger partial charge in [0, 0.05) is 12.5 Å². The van der Waals surface area contributed by atoms with E-state index in [1.165, 1.54) is 42.9 Å². The minimum absolute atomic E-state index is 0.0230. The Balaban J connectivity index is 1.41. The van der Waals surface area contributed by atoms with E-state index in [0.717, 1.165) is 24.1 Å². The van der Waals surface area contributed by atoms with Crippen LogP contribution in [-0.4, -0.2) is 48.3 Å². The summed E-state index contributed by atoms with van der Waals surface area (Å²) in [6.45, 7) is 10.0. The van der Waals surface area contributed by atoms with Crippen LogP contribution in [0.1, 0.15) is 83.8 Å². The first-order chi connectivity index (χ1) is 22.8. The molecule has 1 fully saturated rings. The van der Waals surface area contributed by atoms with Crippen molar-refractivity contribution in [2.24, 2.45) is 23.7 Å². The Morgan fingerprint density at radius 3 is 2.32 bits per heavy atom. The number of amides is 2. The number of ether oxygens (including phenoxy) is 1. The van der Waals surface area contributed by atoms with E-state index in [1.54, 1.807) is 0 Å². The fourth-order valence-electron chi connectivity index (χ4n) is 6.69. The molecule has 256 valence electrons. The molecule has 4 N–H and O–H groups in total. The van der Waals surface area contributed by atoms with Crippen LogP contribution in [0.2, 0.25) is 0 Å². The van der Waals surface area contributed by atoms with Crippen molar-refractivity contribution in [1.82, 2.24) is 16.0 Å². The second-order valence-electron chi connectivity index (χ2n) is 13.9. The average Bonchev–Trinajstić information content (AvgIpc) is 3.10. The Morgan fingerprint density at radius 1 is 0.894 bits per heavy atom. The van der Waals surface area contributed by atoms with Gasteiger partial charge >= 0.3 is 0 Å². The van der Waals surface area contributed by atoms with E-state index < -0.39 is 18.1 Å². The van der Waals surface area contributed by atoms with Crippen LogP contribution >= 0.6 is 0 Å². The molecule has 0 spiro atoms. The van der Waals surface area contributed by atoms with Crippen LogP contribution in [0.25, 0.3) is 10.8 Å². The second kappa shape index (κ2) is 18.9. The van der Waals surface area contributed by atoms with Crippen LogP contribution in [0.4, 0.5) is 0 Å². The maximum atomic E-state index is 13.8. The minimum atomic E-state index is -0.793. The van der Waals surface area contributed by atoms with Crippen LogP contribution in [0.3, 0.4) is 0 Å². The third-order valence-corrected chi connectivity index (χ3v) is 10.0. The molecule has 47 heavy (non-hydrogen) atoms. The van der Waals surface area contributed by atoms with Gasteiger partial charge in [0.1, 0.15) is 6.04 Å². The number of fused-ring (bicyclic) bond motifs is 1. The van der Waals surface area contributed by atoms with Crippen molar-refractivity contribution < 1.29 is 19.4 Å². The molecule has 0 saturated heterocycles. The molecule has 5 atom stereocenters. The quantitative estimate of drug-likeness (QED) is 0.123. The van der Waals surface area contributed by atoms with Gasteiger partial charge in [0.2, 0.25) is 11.8 Å². The Hall–Kier alpha value is -3.26. The highest BCUT2D eigenvalue weighted by atomic mass is 16.5. The van der Waals surface area contributed by atoms with Crippen molar-refractivity contribution in [3.63, 3.8) is 0 Å². The molecule has 0 radical (unpaired) electrons. The summed E-state index contributed by atoms with van der Waals surface area (Å²) in [6.07, 6.45) is 6.44. The lowest BCUT2D eigenvalue weighted by molar-refractivity contribution is -0.134. The monoisotopic (exact) mass is 643 g/mol. The molecule has 7 nitrogen and oxygen atoms in total. The van der Waals surface area contributed by atoms with Crippen LogP contribution in [-0.2, 0) is 27.5 Å². The van der Waals surface area contributed by atoms with Crippen LogP contribution in [0.5, 0.6) is 0 Å². The number of hydrogen-bond acceptors (Lipinski definition) is 5. The summed E-state index contributed by atoms with van der Waals surface area (Å²) in [6, 6.07) is 23.3. The molecule has 0 aromatic heterocycles. The zero-order valence-corrected chi connectivity index (χ0v) is 28.9. The molecule has 3 aromatic rings. The Kier molecular flexibility index (Phi) is 14.7. The number of benzene rings is 3. The maximum Gasteiger partial charge on any atom is 0.243 e. The van der Waals surface area contributed by atoms with Crippen molar-refractivity contribution in [1.29, 1.82) is 0 Å². The summed E-state index contributed by atoms with van der Waals surface area (Å²) in [7, 11) is 0. The van der Waals surface area contributed by atoms with E-state index in [4.69, 9.17) is 4.74 Å². The number of aliphatic hydroxyl groups excluding tert-OH is 1. The highest BCUT2D eigenvalue weighted by Crippen LogP contribution is 2.25. The van der Waals surface area contributed by atoms with Gasteiger partial charge in [-0.05, 0) is 65.5 Å². The van der Waals surface area contributed by atoms with Crippen LogP contribution < -0.4 is 16.0 Å². The smallest absolute Gasteiger partial charge is 0.243 e. The molecule has 0 bridgehead atoms. The van der Waals surface area contributed by atoms with Crippen molar-refractivity contribution >= 4 is 22.6 Å². The molecule has 0 aliphatic heterocycles. The molecule has 1 saturated carbocycles. The Bertz CT molecular complexity index is 1370. The van der Waals surface area contributed by atoms with Gasteiger partial charge in [0.05, 0.1) is 25.4 Å². The molecule has 2 amide bonds. The van der Waals surface area contributed by atoms with Gasteiger partial charge < -0.3 is 25.8 Å². The lowest BCUT2D eigenvalue weighted by Crippen LogP contribution is -2.53. The number of rotatable bonds is 18. The standard InChI is InChI=1S/C40H57N3O4/c1-5-29(4)38(40(46)42-25-31-17-10-7-11-18-31)43-39(45)35(28(2)3)23-37(44)36(41-24-30-15-8-6-9-16-30)27-47-26-33-21-14-20-32-19-12-13-22-34(32)33/h7,10-14,17-22,28-30,35-38,41,44H,5-6,8-9,15-16,23-27H2,1-4H3,(H,42,46)(H,43,45)/t29-,35-,36-,37-,38-/m0/s1. The largest absolute Gasteiger partial charge is 0.391 e. The van der Waals surface area contributed by atoms with Gasteiger partial charge in [-0.15, -0.1) is 0 Å². The summed E-state index contributed by atoms with van der Waals surface area (Å²) < 4.78 is 6.28. The summed E-state index contributed by atoms with van der Waals surface area (Å²) in [5, 5.41) is 23.8. The lowest BCUT2D eigenvalue weighted by Gasteiger charge is -2.32. The molecule has 4 rings (SSSR count). The van der Waals surface area contributed by atoms with Gasteiger partial charge in [0.25, 0.3) is 0 Å². The molecule has 3 aromatic carbocycles. The first-order valence-corrected chi connectivity index (χ1v) is 17.8. The molecule has 7 heteroatoms. The SMILES string of the molecule is CC[C@H](C)[C@H](NC(=O)[C@@H](C[C@H](O)[C@H](COCc1cccc2ccccc12)NCC1CCCCC1)C(C)C)C(=O)NCc1ccccc1. The van der Waals surface area contributed by atoms with Crippen molar-refractivity contribution in [3.8, 4) is 0 Å². The van der Waals surface area contributed by atoms with Gasteiger partial charge in [-0.1, -0.05) is 126 Å². The van der Waals surface area contributed by atoms with E-state index in [2.05, 4.69) is 46.3 Å². The first kappa shape index (κ1) is 36.6. The average molecular weight is 644 g/mol. The third-order valence-electron chi connectivity index (χ3n) is 10.0. The maximum absolute atomic E-state index is 13.8. The molecular weight excluding hydrogens is 586 g/mol. The van der Waals surface area contributed by atoms with Crippen molar-refractivity contribution in [3.05, 3.63) is 83.9 Å². The molecular formula is C40H57N3O4. The summed E-state index contributed by atoms with van der Waals surface area (Å²) in [5.74, 6) is -0.317. The number of carbonyl (C=O) groups excluding carboxylic acids is 2. The predicted octanol–water partition coefficient (Wildman–Crippen LogP) is 6.77. The fraction of sp³-hybridized carbons (Fsp3) is 0.550. The molecule has 1 aliphatic rings. The minimum Gasteiger partial charge on any atom is -0.391 e. The highest BCUT2D eigenvalue weighted by Gasteiger charge is 2.33. The number of hydrogen-bond donors (Lipinski definition) is 4. The van der Waals surface area contributed by atoms with Crippen LogP contribution in [0, 0.1) is 23.7 Å². The normalized spacial score (nSPS) is 17.1. The zero-order chi connectivity index (χ0) is 33.6. The van der Waals surface area contributed by atoms with Gasteiger partial charge in [-0.2, -0.15) is 0 Å². The molecule has 0 heterocycles. The van der Waals surface area contributed by atoms with E-state index in [9.17, 15) is 14.7 Å². The van der Waals surface area contributed by atoms with E-state index in [1.807, 2.05) is 70.2 Å². The molecule has 1 aliphatic carbocycles. The molecule has 0 unspecified atom stereocenters. The topological polar surface area (TPSA) is 99.7 Å². The van der Waals surface area contributed by atoms with Crippen molar-refractivity contribution in [2.45, 2.75) is 104 Å². The van der Waals surface area contributed by atoms with Gasteiger partial charge in [-0.3, -0.25) is 9.59 Å². The first-order valence-electron chi connectivity index (χ1n) is 17.8. The zero-order valence-electron chi connectivity index (χ0n) is 28.9. The number of carbonyl (C=O) groups is 2. The second-order valence-corrected chi connectivity index (χ2v) is 13.9. The number of nitrogens with one attached hydrogen (secondary N) is 3. The summed E-state index contributed by atoms with van der Waals surface area (Å²) >= 11 is 0. The van der Waals surface area contributed by atoms with Gasteiger partial charge in [-0.25, -0.2) is 0 Å². The van der Waals surface area contributed by atoms with Crippen molar-refractivity contribution in [2.75, 3.05) is 13.2 Å². The lowest BCUT2D eigenvalue weighted by atomic mass is 9.86. The van der Waals surface area contributed by atoms with E-state index >= 15 is 0 Å². The fourth-order valence-corrected chi connectivity index (χ4v) is 6.69. The highest BCUT2D eigenvalue weighted by molar-refractivity contribution is 5.89. The van der Waals surface area contributed by atoms with E-state index in [0.29, 0.717) is 25.7 Å².